The minimum atomic E-state index is -0.765. The normalized spacial score (nSPS) is 16.3. The van der Waals surface area contributed by atoms with E-state index in [0.29, 0.717) is 30.9 Å². The maximum absolute atomic E-state index is 13.2. The third-order valence-electron chi connectivity index (χ3n) is 7.83. The Bertz CT molecular complexity index is 1600. The number of benzene rings is 3. The summed E-state index contributed by atoms with van der Waals surface area (Å²) in [6.07, 6.45) is -0.491. The summed E-state index contributed by atoms with van der Waals surface area (Å²) >= 11 is 0. The van der Waals surface area contributed by atoms with Gasteiger partial charge in [0.1, 0.15) is 24.8 Å². The maximum atomic E-state index is 13.2. The zero-order chi connectivity index (χ0) is 35.4. The lowest BCUT2D eigenvalue weighted by molar-refractivity contribution is -0.174. The molecule has 12 nitrogen and oxygen atoms in total. The molecule has 0 spiro atoms. The molecule has 4 rings (SSSR count). The second-order valence-electron chi connectivity index (χ2n) is 12.6. The van der Waals surface area contributed by atoms with Crippen molar-refractivity contribution in [3.05, 3.63) is 90.0 Å². The highest BCUT2D eigenvalue weighted by Gasteiger charge is 2.41. The van der Waals surface area contributed by atoms with Crippen LogP contribution in [0.2, 0.25) is 0 Å². The van der Waals surface area contributed by atoms with Gasteiger partial charge in [-0.25, -0.2) is 4.79 Å². The van der Waals surface area contributed by atoms with E-state index in [-0.39, 0.29) is 37.4 Å². The number of methoxy groups -OCH3 is 1. The Hall–Kier alpha value is -5.23. The van der Waals surface area contributed by atoms with Crippen LogP contribution in [0.25, 0.3) is 11.1 Å². The van der Waals surface area contributed by atoms with Crippen LogP contribution in [0.3, 0.4) is 0 Å². The molecule has 0 unspecified atom stereocenters. The first-order chi connectivity index (χ1) is 23.4. The highest BCUT2D eigenvalue weighted by molar-refractivity contribution is 6.03. The van der Waals surface area contributed by atoms with Crippen molar-refractivity contribution in [2.75, 3.05) is 33.7 Å². The van der Waals surface area contributed by atoms with Crippen molar-refractivity contribution in [1.82, 2.24) is 4.90 Å². The van der Waals surface area contributed by atoms with Gasteiger partial charge in [-0.05, 0) is 56.0 Å². The molecular formula is C37H43N3O9. The molecule has 1 saturated heterocycles. The molecule has 2 atom stereocenters. The fourth-order valence-electron chi connectivity index (χ4n) is 5.09. The van der Waals surface area contributed by atoms with E-state index < -0.39 is 36.2 Å². The summed E-state index contributed by atoms with van der Waals surface area (Å²) in [5.41, 5.74) is 8.61. The number of amidine groups is 1. The van der Waals surface area contributed by atoms with Gasteiger partial charge in [-0.2, -0.15) is 4.99 Å². The van der Waals surface area contributed by atoms with E-state index in [1.54, 1.807) is 44.9 Å². The van der Waals surface area contributed by atoms with Crippen molar-refractivity contribution in [2.24, 2.45) is 22.1 Å². The molecule has 12 heteroatoms. The molecular weight excluding hydrogens is 630 g/mol. The van der Waals surface area contributed by atoms with E-state index in [2.05, 4.69) is 4.99 Å². The topological polar surface area (TPSA) is 156 Å². The van der Waals surface area contributed by atoms with Crippen LogP contribution in [0.15, 0.2) is 83.9 Å². The predicted molar refractivity (Wildman–Crippen MR) is 181 cm³/mol. The van der Waals surface area contributed by atoms with Gasteiger partial charge >= 0.3 is 18.0 Å². The van der Waals surface area contributed by atoms with Gasteiger partial charge in [0.15, 0.2) is 0 Å². The zero-order valence-corrected chi connectivity index (χ0v) is 28.3. The Morgan fingerprint density at radius 2 is 1.55 bits per heavy atom. The first-order valence-corrected chi connectivity index (χ1v) is 16.0. The van der Waals surface area contributed by atoms with E-state index >= 15 is 0 Å². The Morgan fingerprint density at radius 1 is 0.898 bits per heavy atom. The van der Waals surface area contributed by atoms with Crippen LogP contribution in [0.5, 0.6) is 5.75 Å². The first kappa shape index (κ1) is 36.6. The van der Waals surface area contributed by atoms with Gasteiger partial charge in [-0.1, -0.05) is 66.7 Å². The predicted octanol–water partition coefficient (Wildman–Crippen LogP) is 5.12. The summed E-state index contributed by atoms with van der Waals surface area (Å²) in [5.74, 6) is -1.19. The van der Waals surface area contributed by atoms with Crippen molar-refractivity contribution >= 4 is 29.8 Å². The Morgan fingerprint density at radius 3 is 2.18 bits per heavy atom. The number of carbonyl (C=O) groups excluding carboxylic acids is 4. The van der Waals surface area contributed by atoms with Gasteiger partial charge in [-0.15, -0.1) is 0 Å². The molecule has 49 heavy (non-hydrogen) atoms. The molecule has 1 aliphatic rings. The highest BCUT2D eigenvalue weighted by atomic mass is 16.7. The number of ether oxygens (including phenoxy) is 5. The smallest absolute Gasteiger partial charge is 0.435 e. The molecule has 1 heterocycles. The fourth-order valence-corrected chi connectivity index (χ4v) is 5.09. The van der Waals surface area contributed by atoms with Crippen LogP contribution < -0.4 is 10.5 Å². The Balaban J connectivity index is 1.29. The summed E-state index contributed by atoms with van der Waals surface area (Å²) in [7, 11) is 1.56. The number of hydrogen-bond acceptors (Lipinski definition) is 9. The summed E-state index contributed by atoms with van der Waals surface area (Å²) in [5, 5.41) is 0. The number of carbonyl (C=O) groups is 4. The van der Waals surface area contributed by atoms with E-state index in [0.717, 1.165) is 16.7 Å². The molecule has 1 fully saturated rings. The lowest BCUT2D eigenvalue weighted by atomic mass is 9.98. The number of esters is 2. The van der Waals surface area contributed by atoms with E-state index in [1.807, 2.05) is 66.7 Å². The quantitative estimate of drug-likeness (QED) is 0.106. The average Bonchev–Trinajstić information content (AvgIpc) is 3.38. The number of nitrogens with two attached hydrogens (primary N) is 1. The number of amides is 2. The summed E-state index contributed by atoms with van der Waals surface area (Å²) in [6, 6.07) is 23.8. The molecule has 3 aromatic carbocycles. The van der Waals surface area contributed by atoms with Gasteiger partial charge in [0.25, 0.3) is 0 Å². The van der Waals surface area contributed by atoms with Gasteiger partial charge in [-0.3, -0.25) is 14.4 Å². The molecule has 0 saturated carbocycles. The first-order valence-electron chi connectivity index (χ1n) is 16.0. The number of rotatable bonds is 14. The Kier molecular flexibility index (Phi) is 12.9. The maximum Gasteiger partial charge on any atom is 0.435 e. The minimum Gasteiger partial charge on any atom is -0.491 e. The van der Waals surface area contributed by atoms with Crippen molar-refractivity contribution in [1.29, 1.82) is 0 Å². The van der Waals surface area contributed by atoms with Gasteiger partial charge < -0.3 is 34.3 Å². The Labute approximate surface area is 286 Å². The van der Waals surface area contributed by atoms with Crippen molar-refractivity contribution in [3.8, 4) is 16.9 Å². The lowest BCUT2D eigenvalue weighted by Crippen LogP contribution is -2.39. The summed E-state index contributed by atoms with van der Waals surface area (Å²) in [4.78, 5) is 55.1. The minimum absolute atomic E-state index is 0.0547. The van der Waals surface area contributed by atoms with Gasteiger partial charge in [0, 0.05) is 19.2 Å². The molecule has 0 radical (unpaired) electrons. The lowest BCUT2D eigenvalue weighted by Gasteiger charge is -2.24. The standard InChI is InChI=1S/C37H43N3O9/c1-37(2,3)35(43)49-24-48-32(41)21-29-20-30(40(34(29)42)18-19-45-4)23-46-31-16-14-27(15-17-31)26-10-12-28(13-11-26)33(38)39-36(44)47-22-25-8-6-5-7-9-25/h5-17,29-30H,18-24H2,1-4H3,(H2,38,39,44)/t29-,30-/m0/s1. The molecule has 0 aliphatic carbocycles. The number of hydrogen-bond donors (Lipinski definition) is 1. The van der Waals surface area contributed by atoms with Crippen LogP contribution in [0.1, 0.15) is 44.7 Å². The summed E-state index contributed by atoms with van der Waals surface area (Å²) in [6.45, 7) is 5.63. The van der Waals surface area contributed by atoms with Crippen LogP contribution >= 0.6 is 0 Å². The largest absolute Gasteiger partial charge is 0.491 e. The molecule has 2 N–H and O–H groups in total. The fraction of sp³-hybridized carbons (Fsp3) is 0.378. The summed E-state index contributed by atoms with van der Waals surface area (Å²) < 4.78 is 26.5. The SMILES string of the molecule is COCCN1C(=O)[C@H](CC(=O)OCOC(=O)C(C)(C)C)C[C@H]1COc1ccc(-c2ccc(C(N)=NC(=O)OCc3ccccc3)cc2)cc1. The van der Waals surface area contributed by atoms with E-state index in [4.69, 9.17) is 29.4 Å². The van der Waals surface area contributed by atoms with Gasteiger partial charge in [0.05, 0.1) is 30.4 Å². The van der Waals surface area contributed by atoms with E-state index in [9.17, 15) is 19.2 Å². The van der Waals surface area contributed by atoms with Crippen molar-refractivity contribution in [3.63, 3.8) is 0 Å². The van der Waals surface area contributed by atoms with Crippen LogP contribution in [0, 0.1) is 11.3 Å². The second kappa shape index (κ2) is 17.3. The van der Waals surface area contributed by atoms with Crippen molar-refractivity contribution in [2.45, 2.75) is 46.3 Å². The molecule has 2 amide bonds. The second-order valence-corrected chi connectivity index (χ2v) is 12.6. The third kappa shape index (κ3) is 10.9. The zero-order valence-electron chi connectivity index (χ0n) is 28.3. The molecule has 260 valence electrons. The molecule has 1 aliphatic heterocycles. The third-order valence-corrected chi connectivity index (χ3v) is 7.83. The number of nitrogens with zero attached hydrogens (tertiary/aromatic N) is 2. The van der Waals surface area contributed by atoms with Crippen molar-refractivity contribution < 1.29 is 42.9 Å². The van der Waals surface area contributed by atoms with Crippen LogP contribution in [-0.4, -0.2) is 74.4 Å². The average molecular weight is 674 g/mol. The van der Waals surface area contributed by atoms with Gasteiger partial charge in [0.2, 0.25) is 12.7 Å². The molecule has 0 aromatic heterocycles. The van der Waals surface area contributed by atoms with Crippen LogP contribution in [0.4, 0.5) is 4.79 Å². The molecule has 3 aromatic rings. The number of aliphatic imine (C=N–C) groups is 1. The number of likely N-dealkylation sites (tertiary alicyclic amines) is 1. The molecule has 0 bridgehead atoms. The van der Waals surface area contributed by atoms with Crippen LogP contribution in [-0.2, 0) is 39.9 Å². The monoisotopic (exact) mass is 673 g/mol. The highest BCUT2D eigenvalue weighted by Crippen LogP contribution is 2.29. The van der Waals surface area contributed by atoms with E-state index in [1.165, 1.54) is 0 Å².